The maximum absolute atomic E-state index is 5.47. The standard InChI is InChI=1S/C11H13BrO3/c1-4-5-15-11-9(13-2)6-8(12)7-10(11)14-3/h4,6-7H,1,5H2,2-3H3. The minimum atomic E-state index is 0.411. The summed E-state index contributed by atoms with van der Waals surface area (Å²) in [6.45, 7) is 4.00. The monoisotopic (exact) mass is 272 g/mol. The molecule has 0 aliphatic rings. The predicted octanol–water partition coefficient (Wildman–Crippen LogP) is 3.03. The molecule has 0 bridgehead atoms. The molecule has 0 aliphatic heterocycles. The number of halogens is 1. The molecule has 4 heteroatoms. The fourth-order valence-electron chi connectivity index (χ4n) is 1.13. The molecule has 0 heterocycles. The summed E-state index contributed by atoms with van der Waals surface area (Å²) in [4.78, 5) is 0. The van der Waals surface area contributed by atoms with Crippen LogP contribution in [0.25, 0.3) is 0 Å². The van der Waals surface area contributed by atoms with E-state index in [9.17, 15) is 0 Å². The number of hydrogen-bond donors (Lipinski definition) is 0. The van der Waals surface area contributed by atoms with Crippen molar-refractivity contribution in [1.82, 2.24) is 0 Å². The van der Waals surface area contributed by atoms with Gasteiger partial charge in [0.1, 0.15) is 6.61 Å². The van der Waals surface area contributed by atoms with Gasteiger partial charge in [0.25, 0.3) is 0 Å². The third-order valence-electron chi connectivity index (χ3n) is 1.77. The number of methoxy groups -OCH3 is 2. The summed E-state index contributed by atoms with van der Waals surface area (Å²) in [7, 11) is 3.17. The molecule has 1 aromatic rings. The van der Waals surface area contributed by atoms with Gasteiger partial charge in [-0.25, -0.2) is 0 Å². The SMILES string of the molecule is C=CCOc1c(OC)cc(Br)cc1OC. The second-order valence-electron chi connectivity index (χ2n) is 2.74. The van der Waals surface area contributed by atoms with Crippen LogP contribution in [0.15, 0.2) is 29.3 Å². The first-order chi connectivity index (χ1) is 7.22. The Kier molecular flexibility index (Phi) is 4.49. The van der Waals surface area contributed by atoms with Crippen LogP contribution in [0.1, 0.15) is 0 Å². The first kappa shape index (κ1) is 11.9. The molecule has 0 saturated carbocycles. The van der Waals surface area contributed by atoms with E-state index >= 15 is 0 Å². The Morgan fingerprint density at radius 2 is 1.80 bits per heavy atom. The molecule has 0 spiro atoms. The van der Waals surface area contributed by atoms with Gasteiger partial charge in [-0.1, -0.05) is 28.6 Å². The fourth-order valence-corrected chi connectivity index (χ4v) is 1.55. The number of ether oxygens (including phenoxy) is 3. The van der Waals surface area contributed by atoms with Crippen LogP contribution in [0.5, 0.6) is 17.2 Å². The van der Waals surface area contributed by atoms with Gasteiger partial charge in [-0.05, 0) is 12.1 Å². The van der Waals surface area contributed by atoms with E-state index in [1.807, 2.05) is 12.1 Å². The van der Waals surface area contributed by atoms with Crippen molar-refractivity contribution in [2.75, 3.05) is 20.8 Å². The molecule has 0 atom stereocenters. The summed E-state index contributed by atoms with van der Waals surface area (Å²) >= 11 is 3.36. The third kappa shape index (κ3) is 2.89. The van der Waals surface area contributed by atoms with Crippen molar-refractivity contribution in [3.63, 3.8) is 0 Å². The van der Waals surface area contributed by atoms with E-state index in [4.69, 9.17) is 14.2 Å². The second-order valence-corrected chi connectivity index (χ2v) is 3.65. The quantitative estimate of drug-likeness (QED) is 0.772. The summed E-state index contributed by atoms with van der Waals surface area (Å²) in [5, 5.41) is 0. The highest BCUT2D eigenvalue weighted by Gasteiger charge is 2.12. The van der Waals surface area contributed by atoms with Gasteiger partial charge in [0.15, 0.2) is 11.5 Å². The normalized spacial score (nSPS) is 9.53. The molecule has 0 saturated heterocycles. The summed E-state index contributed by atoms with van der Waals surface area (Å²) in [5.74, 6) is 1.84. The Bertz CT molecular complexity index is 325. The zero-order chi connectivity index (χ0) is 11.3. The largest absolute Gasteiger partial charge is 0.493 e. The van der Waals surface area contributed by atoms with Crippen LogP contribution in [0, 0.1) is 0 Å². The summed E-state index contributed by atoms with van der Waals surface area (Å²) in [5.41, 5.74) is 0. The molecule has 1 aromatic carbocycles. The van der Waals surface area contributed by atoms with Gasteiger partial charge in [-0.2, -0.15) is 0 Å². The smallest absolute Gasteiger partial charge is 0.203 e. The molecule has 3 nitrogen and oxygen atoms in total. The van der Waals surface area contributed by atoms with Crippen LogP contribution in [-0.2, 0) is 0 Å². The molecule has 0 unspecified atom stereocenters. The maximum atomic E-state index is 5.47. The number of rotatable bonds is 5. The van der Waals surface area contributed by atoms with Crippen molar-refractivity contribution in [2.45, 2.75) is 0 Å². The maximum Gasteiger partial charge on any atom is 0.203 e. The van der Waals surface area contributed by atoms with E-state index < -0.39 is 0 Å². The molecule has 0 amide bonds. The Morgan fingerprint density at radius 1 is 1.27 bits per heavy atom. The average molecular weight is 273 g/mol. The van der Waals surface area contributed by atoms with Gasteiger partial charge in [-0.15, -0.1) is 0 Å². The van der Waals surface area contributed by atoms with E-state index in [-0.39, 0.29) is 0 Å². The van der Waals surface area contributed by atoms with Gasteiger partial charge in [-0.3, -0.25) is 0 Å². The average Bonchev–Trinajstić information content (AvgIpc) is 2.26. The minimum absolute atomic E-state index is 0.411. The van der Waals surface area contributed by atoms with Crippen molar-refractivity contribution in [3.05, 3.63) is 29.3 Å². The van der Waals surface area contributed by atoms with E-state index in [1.165, 1.54) is 0 Å². The Hall–Kier alpha value is -1.16. The molecule has 1 rings (SSSR count). The summed E-state index contributed by atoms with van der Waals surface area (Å²) in [6, 6.07) is 3.64. The molecule has 0 radical (unpaired) electrons. The lowest BCUT2D eigenvalue weighted by Crippen LogP contribution is -1.99. The fraction of sp³-hybridized carbons (Fsp3) is 0.273. The van der Waals surface area contributed by atoms with Crippen LogP contribution in [0.2, 0.25) is 0 Å². The van der Waals surface area contributed by atoms with Gasteiger partial charge in [0.2, 0.25) is 5.75 Å². The van der Waals surface area contributed by atoms with Crippen LogP contribution >= 0.6 is 15.9 Å². The number of benzene rings is 1. The van der Waals surface area contributed by atoms with E-state index in [0.29, 0.717) is 23.9 Å². The highest BCUT2D eigenvalue weighted by atomic mass is 79.9. The van der Waals surface area contributed by atoms with Crippen LogP contribution < -0.4 is 14.2 Å². The topological polar surface area (TPSA) is 27.7 Å². The zero-order valence-electron chi connectivity index (χ0n) is 8.75. The van der Waals surface area contributed by atoms with Crippen molar-refractivity contribution in [3.8, 4) is 17.2 Å². The van der Waals surface area contributed by atoms with Crippen molar-refractivity contribution < 1.29 is 14.2 Å². The van der Waals surface area contributed by atoms with Crippen molar-refractivity contribution >= 4 is 15.9 Å². The Morgan fingerprint density at radius 3 is 2.20 bits per heavy atom. The Labute approximate surface area is 97.8 Å². The van der Waals surface area contributed by atoms with E-state index in [2.05, 4.69) is 22.5 Å². The van der Waals surface area contributed by atoms with Crippen LogP contribution in [0.3, 0.4) is 0 Å². The molecular formula is C11H13BrO3. The highest BCUT2D eigenvalue weighted by Crippen LogP contribution is 2.39. The lowest BCUT2D eigenvalue weighted by atomic mass is 10.3. The van der Waals surface area contributed by atoms with Gasteiger partial charge in [0, 0.05) is 4.47 Å². The van der Waals surface area contributed by atoms with Crippen molar-refractivity contribution in [1.29, 1.82) is 0 Å². The Balaban J connectivity index is 3.11. The summed E-state index contributed by atoms with van der Waals surface area (Å²) in [6.07, 6.45) is 1.67. The first-order valence-electron chi connectivity index (χ1n) is 4.38. The van der Waals surface area contributed by atoms with Gasteiger partial charge >= 0.3 is 0 Å². The van der Waals surface area contributed by atoms with Gasteiger partial charge in [0.05, 0.1) is 14.2 Å². The van der Waals surface area contributed by atoms with E-state index in [0.717, 1.165) is 4.47 Å². The molecule has 0 aromatic heterocycles. The van der Waals surface area contributed by atoms with E-state index in [1.54, 1.807) is 20.3 Å². The van der Waals surface area contributed by atoms with Gasteiger partial charge < -0.3 is 14.2 Å². The molecule has 82 valence electrons. The van der Waals surface area contributed by atoms with Crippen LogP contribution in [0.4, 0.5) is 0 Å². The highest BCUT2D eigenvalue weighted by molar-refractivity contribution is 9.10. The van der Waals surface area contributed by atoms with Crippen LogP contribution in [-0.4, -0.2) is 20.8 Å². The zero-order valence-corrected chi connectivity index (χ0v) is 10.3. The third-order valence-corrected chi connectivity index (χ3v) is 2.23. The molecule has 0 aliphatic carbocycles. The lowest BCUT2D eigenvalue weighted by Gasteiger charge is -2.13. The second kappa shape index (κ2) is 5.66. The number of hydrogen-bond acceptors (Lipinski definition) is 3. The first-order valence-corrected chi connectivity index (χ1v) is 5.17. The molecule has 15 heavy (non-hydrogen) atoms. The molecule has 0 N–H and O–H groups in total. The minimum Gasteiger partial charge on any atom is -0.493 e. The molecular weight excluding hydrogens is 260 g/mol. The molecule has 0 fully saturated rings. The summed E-state index contributed by atoms with van der Waals surface area (Å²) < 4.78 is 16.7. The lowest BCUT2D eigenvalue weighted by molar-refractivity contribution is 0.300. The predicted molar refractivity (Wildman–Crippen MR) is 62.9 cm³/mol. The van der Waals surface area contributed by atoms with Crippen molar-refractivity contribution in [2.24, 2.45) is 0 Å².